The summed E-state index contributed by atoms with van der Waals surface area (Å²) in [6, 6.07) is 11.0. The second-order valence-corrected chi connectivity index (χ2v) is 3.60. The van der Waals surface area contributed by atoms with Crippen molar-refractivity contribution in [3.8, 4) is 5.75 Å². The molecule has 0 aliphatic heterocycles. The number of pyridine rings is 1. The van der Waals surface area contributed by atoms with Gasteiger partial charge in [0.05, 0.1) is 0 Å². The number of nitrogens with one attached hydrogen (secondary N) is 1. The lowest BCUT2D eigenvalue weighted by Crippen LogP contribution is -2.16. The Morgan fingerprint density at radius 3 is 2.63 bits per heavy atom. The standard InChI is InChI=1S/C13H10F2N2O2/c14-12(15)11-8-10(6-7-16-11)19-13(18)17-9-4-2-1-3-5-9/h1-8,12H,(H,17,18). The summed E-state index contributed by atoms with van der Waals surface area (Å²) in [6.07, 6.45) is -2.30. The Kier molecular flexibility index (Phi) is 4.02. The largest absolute Gasteiger partial charge is 0.417 e. The number of amides is 1. The predicted octanol–water partition coefficient (Wildman–Crippen LogP) is 3.63. The van der Waals surface area contributed by atoms with Gasteiger partial charge in [-0.2, -0.15) is 0 Å². The number of hydrogen-bond donors (Lipinski definition) is 1. The molecule has 0 spiro atoms. The van der Waals surface area contributed by atoms with Gasteiger partial charge in [0.25, 0.3) is 6.43 Å². The van der Waals surface area contributed by atoms with Gasteiger partial charge in [-0.25, -0.2) is 13.6 Å². The second-order valence-electron chi connectivity index (χ2n) is 3.60. The van der Waals surface area contributed by atoms with Crippen molar-refractivity contribution in [1.82, 2.24) is 4.98 Å². The maximum Gasteiger partial charge on any atom is 0.417 e. The molecule has 2 rings (SSSR count). The van der Waals surface area contributed by atoms with Gasteiger partial charge in [0.15, 0.2) is 0 Å². The van der Waals surface area contributed by atoms with Gasteiger partial charge >= 0.3 is 6.09 Å². The number of hydrogen-bond acceptors (Lipinski definition) is 3. The molecule has 1 aromatic heterocycles. The molecule has 1 N–H and O–H groups in total. The van der Waals surface area contributed by atoms with E-state index in [1.54, 1.807) is 30.3 Å². The highest BCUT2D eigenvalue weighted by molar-refractivity contribution is 5.86. The van der Waals surface area contributed by atoms with E-state index in [9.17, 15) is 13.6 Å². The molecule has 1 heterocycles. The number of aromatic nitrogens is 1. The number of alkyl halides is 2. The average Bonchev–Trinajstić information content (AvgIpc) is 2.40. The predicted molar refractivity (Wildman–Crippen MR) is 65.3 cm³/mol. The molecular formula is C13H10F2N2O2. The maximum atomic E-state index is 12.4. The second kappa shape index (κ2) is 5.90. The molecule has 0 bridgehead atoms. The Balaban J connectivity index is 2.01. The molecule has 0 aliphatic carbocycles. The van der Waals surface area contributed by atoms with Crippen LogP contribution in [-0.2, 0) is 0 Å². The Labute approximate surface area is 108 Å². The van der Waals surface area contributed by atoms with Crippen LogP contribution in [0.4, 0.5) is 19.3 Å². The van der Waals surface area contributed by atoms with E-state index in [4.69, 9.17) is 4.74 Å². The van der Waals surface area contributed by atoms with Gasteiger partial charge in [0.2, 0.25) is 0 Å². The van der Waals surface area contributed by atoms with E-state index in [2.05, 4.69) is 10.3 Å². The molecule has 1 amide bonds. The van der Waals surface area contributed by atoms with Gasteiger partial charge in [-0.15, -0.1) is 0 Å². The first-order valence-electron chi connectivity index (χ1n) is 5.43. The van der Waals surface area contributed by atoms with Crippen molar-refractivity contribution >= 4 is 11.8 Å². The van der Waals surface area contributed by atoms with Crippen molar-refractivity contribution in [3.63, 3.8) is 0 Å². The first-order valence-corrected chi connectivity index (χ1v) is 5.43. The SMILES string of the molecule is O=C(Nc1ccccc1)Oc1ccnc(C(F)F)c1. The Morgan fingerprint density at radius 1 is 1.21 bits per heavy atom. The molecule has 0 fully saturated rings. The lowest BCUT2D eigenvalue weighted by atomic mass is 10.3. The highest BCUT2D eigenvalue weighted by Crippen LogP contribution is 2.20. The Morgan fingerprint density at radius 2 is 1.95 bits per heavy atom. The van der Waals surface area contributed by atoms with E-state index in [0.29, 0.717) is 5.69 Å². The van der Waals surface area contributed by atoms with Crippen LogP contribution in [0, 0.1) is 0 Å². The minimum atomic E-state index is -2.71. The van der Waals surface area contributed by atoms with E-state index in [1.807, 2.05) is 0 Å². The van der Waals surface area contributed by atoms with Gasteiger partial charge in [0, 0.05) is 18.0 Å². The zero-order valence-corrected chi connectivity index (χ0v) is 9.72. The van der Waals surface area contributed by atoms with E-state index in [1.165, 1.54) is 6.07 Å². The number of para-hydroxylation sites is 1. The zero-order valence-electron chi connectivity index (χ0n) is 9.72. The summed E-state index contributed by atoms with van der Waals surface area (Å²) in [5.41, 5.74) is 0.112. The topological polar surface area (TPSA) is 51.2 Å². The minimum Gasteiger partial charge on any atom is -0.410 e. The highest BCUT2D eigenvalue weighted by Gasteiger charge is 2.11. The fourth-order valence-corrected chi connectivity index (χ4v) is 1.38. The molecule has 0 unspecified atom stereocenters. The van der Waals surface area contributed by atoms with Crippen LogP contribution >= 0.6 is 0 Å². The molecule has 19 heavy (non-hydrogen) atoms. The highest BCUT2D eigenvalue weighted by atomic mass is 19.3. The number of rotatable bonds is 3. The summed E-state index contributed by atoms with van der Waals surface area (Å²) in [5.74, 6) is 0.0127. The average molecular weight is 264 g/mol. The third-order valence-electron chi connectivity index (χ3n) is 2.21. The molecule has 98 valence electrons. The molecule has 0 atom stereocenters. The smallest absolute Gasteiger partial charge is 0.410 e. The molecular weight excluding hydrogens is 254 g/mol. The first kappa shape index (κ1) is 12.9. The van der Waals surface area contributed by atoms with Crippen molar-refractivity contribution in [2.45, 2.75) is 6.43 Å². The number of nitrogens with zero attached hydrogens (tertiary/aromatic N) is 1. The number of carbonyl (C=O) groups excluding carboxylic acids is 1. The lowest BCUT2D eigenvalue weighted by Gasteiger charge is -2.07. The Hall–Kier alpha value is -2.50. The summed E-state index contributed by atoms with van der Waals surface area (Å²) in [6.45, 7) is 0. The molecule has 6 heteroatoms. The van der Waals surface area contributed by atoms with Gasteiger partial charge < -0.3 is 4.74 Å². The first-order chi connectivity index (χ1) is 9.15. The molecule has 0 saturated carbocycles. The van der Waals surface area contributed by atoms with Crippen LogP contribution < -0.4 is 10.1 Å². The molecule has 0 saturated heterocycles. The van der Waals surface area contributed by atoms with Gasteiger partial charge in [0.1, 0.15) is 11.4 Å². The lowest BCUT2D eigenvalue weighted by molar-refractivity contribution is 0.145. The van der Waals surface area contributed by atoms with Crippen molar-refractivity contribution in [2.24, 2.45) is 0 Å². The summed E-state index contributed by atoms with van der Waals surface area (Å²) < 4.78 is 29.7. The summed E-state index contributed by atoms with van der Waals surface area (Å²) in [5, 5.41) is 2.47. The zero-order chi connectivity index (χ0) is 13.7. The van der Waals surface area contributed by atoms with Crippen LogP contribution in [0.5, 0.6) is 5.75 Å². The van der Waals surface area contributed by atoms with E-state index >= 15 is 0 Å². The van der Waals surface area contributed by atoms with Gasteiger partial charge in [-0.1, -0.05) is 18.2 Å². The van der Waals surface area contributed by atoms with E-state index in [0.717, 1.165) is 12.3 Å². The maximum absolute atomic E-state index is 12.4. The fourth-order valence-electron chi connectivity index (χ4n) is 1.38. The number of carbonyl (C=O) groups is 1. The summed E-state index contributed by atoms with van der Waals surface area (Å²) >= 11 is 0. The van der Waals surface area contributed by atoms with Gasteiger partial charge in [-0.3, -0.25) is 10.3 Å². The molecule has 2 aromatic rings. The fraction of sp³-hybridized carbons (Fsp3) is 0.0769. The van der Waals surface area contributed by atoms with Crippen LogP contribution in [-0.4, -0.2) is 11.1 Å². The quantitative estimate of drug-likeness (QED) is 0.920. The number of benzene rings is 1. The normalized spacial score (nSPS) is 10.3. The van der Waals surface area contributed by atoms with Crippen LogP contribution in [0.15, 0.2) is 48.7 Å². The Bertz CT molecular complexity index is 562. The van der Waals surface area contributed by atoms with E-state index < -0.39 is 18.2 Å². The molecule has 0 aliphatic rings. The summed E-state index contributed by atoms with van der Waals surface area (Å²) in [4.78, 5) is 15.0. The van der Waals surface area contributed by atoms with Crippen LogP contribution in [0.25, 0.3) is 0 Å². The van der Waals surface area contributed by atoms with E-state index in [-0.39, 0.29) is 5.75 Å². The van der Waals surface area contributed by atoms with Crippen molar-refractivity contribution in [1.29, 1.82) is 0 Å². The molecule has 1 aromatic carbocycles. The third-order valence-corrected chi connectivity index (χ3v) is 2.21. The summed E-state index contributed by atoms with van der Waals surface area (Å²) in [7, 11) is 0. The van der Waals surface area contributed by atoms with Gasteiger partial charge in [-0.05, 0) is 18.2 Å². The number of anilines is 1. The third kappa shape index (κ3) is 3.74. The van der Waals surface area contributed by atoms with Crippen LogP contribution in [0.3, 0.4) is 0 Å². The number of ether oxygens (including phenoxy) is 1. The van der Waals surface area contributed by atoms with Crippen molar-refractivity contribution in [2.75, 3.05) is 5.32 Å². The van der Waals surface area contributed by atoms with Crippen molar-refractivity contribution in [3.05, 3.63) is 54.4 Å². The van der Waals surface area contributed by atoms with Crippen LogP contribution in [0.2, 0.25) is 0 Å². The molecule has 0 radical (unpaired) electrons. The van der Waals surface area contributed by atoms with Crippen LogP contribution in [0.1, 0.15) is 12.1 Å². The minimum absolute atomic E-state index is 0.0127. The van der Waals surface area contributed by atoms with Crippen molar-refractivity contribution < 1.29 is 18.3 Å². The molecule has 4 nitrogen and oxygen atoms in total. The monoisotopic (exact) mass is 264 g/mol. The number of halogens is 2.